The van der Waals surface area contributed by atoms with E-state index in [0.717, 1.165) is 31.7 Å². The first kappa shape index (κ1) is 17.0. The third kappa shape index (κ3) is 4.58. The fourth-order valence-corrected chi connectivity index (χ4v) is 2.79. The van der Waals surface area contributed by atoms with Crippen LogP contribution in [-0.2, 0) is 9.53 Å². The van der Waals surface area contributed by atoms with E-state index in [4.69, 9.17) is 21.1 Å². The van der Waals surface area contributed by atoms with Gasteiger partial charge in [-0.2, -0.15) is 0 Å². The van der Waals surface area contributed by atoms with Gasteiger partial charge in [-0.1, -0.05) is 11.6 Å². The van der Waals surface area contributed by atoms with Crippen molar-refractivity contribution < 1.29 is 18.7 Å². The third-order valence-electron chi connectivity index (χ3n) is 3.92. The number of hydrogen-bond donors (Lipinski definition) is 1. The predicted octanol–water partition coefficient (Wildman–Crippen LogP) is 3.32. The van der Waals surface area contributed by atoms with E-state index in [1.54, 1.807) is 14.0 Å². The standard InChI is InChI=1S/C16H21ClFNO3/c1-10(22-15-8-3-11(18)9-14(15)17)16(20)19-12-4-6-13(21-2)7-5-12/h3,8-10,12-13H,4-7H2,1-2H3,(H,19,20). The van der Waals surface area contributed by atoms with Gasteiger partial charge in [0.05, 0.1) is 11.1 Å². The van der Waals surface area contributed by atoms with E-state index in [1.165, 1.54) is 12.1 Å². The van der Waals surface area contributed by atoms with E-state index in [1.807, 2.05) is 0 Å². The van der Waals surface area contributed by atoms with Crippen LogP contribution >= 0.6 is 11.6 Å². The quantitative estimate of drug-likeness (QED) is 0.901. The summed E-state index contributed by atoms with van der Waals surface area (Å²) in [5.74, 6) is -0.334. The molecule has 4 nitrogen and oxygen atoms in total. The van der Waals surface area contributed by atoms with Gasteiger partial charge in [0.25, 0.3) is 5.91 Å². The molecule has 1 fully saturated rings. The number of amides is 1. The molecular formula is C16H21ClFNO3. The second-order valence-corrected chi connectivity index (χ2v) is 5.96. The summed E-state index contributed by atoms with van der Waals surface area (Å²) in [5, 5.41) is 3.13. The molecule has 1 aromatic carbocycles. The van der Waals surface area contributed by atoms with Crippen molar-refractivity contribution in [1.82, 2.24) is 5.32 Å². The molecule has 0 radical (unpaired) electrons. The van der Waals surface area contributed by atoms with E-state index in [-0.39, 0.29) is 17.0 Å². The van der Waals surface area contributed by atoms with E-state index < -0.39 is 11.9 Å². The average molecular weight is 330 g/mol. The molecule has 1 unspecified atom stereocenters. The van der Waals surface area contributed by atoms with Crippen molar-refractivity contribution in [2.45, 2.75) is 50.9 Å². The van der Waals surface area contributed by atoms with E-state index in [2.05, 4.69) is 5.32 Å². The molecule has 1 aliphatic rings. The first-order chi connectivity index (χ1) is 10.5. The zero-order valence-corrected chi connectivity index (χ0v) is 13.5. The minimum atomic E-state index is -0.692. The number of halogens is 2. The fraction of sp³-hybridized carbons (Fsp3) is 0.562. The van der Waals surface area contributed by atoms with Gasteiger partial charge in [0.2, 0.25) is 0 Å². The van der Waals surface area contributed by atoms with Gasteiger partial charge in [0.1, 0.15) is 11.6 Å². The van der Waals surface area contributed by atoms with Crippen LogP contribution in [-0.4, -0.2) is 31.3 Å². The zero-order valence-electron chi connectivity index (χ0n) is 12.8. The van der Waals surface area contributed by atoms with Crippen molar-refractivity contribution in [3.8, 4) is 5.75 Å². The molecule has 1 amide bonds. The van der Waals surface area contributed by atoms with Gasteiger partial charge < -0.3 is 14.8 Å². The molecule has 0 saturated heterocycles. The lowest BCUT2D eigenvalue weighted by Crippen LogP contribution is -2.44. The van der Waals surface area contributed by atoms with Crippen molar-refractivity contribution in [3.05, 3.63) is 29.0 Å². The second-order valence-electron chi connectivity index (χ2n) is 5.55. The van der Waals surface area contributed by atoms with Gasteiger partial charge in [0, 0.05) is 13.2 Å². The molecule has 0 aliphatic heterocycles. The molecule has 1 N–H and O–H groups in total. The van der Waals surface area contributed by atoms with Gasteiger partial charge in [-0.25, -0.2) is 4.39 Å². The maximum absolute atomic E-state index is 13.0. The van der Waals surface area contributed by atoms with Gasteiger partial charge in [-0.3, -0.25) is 4.79 Å². The number of methoxy groups -OCH3 is 1. The molecule has 1 atom stereocenters. The lowest BCUT2D eigenvalue weighted by molar-refractivity contribution is -0.128. The molecule has 0 heterocycles. The lowest BCUT2D eigenvalue weighted by atomic mass is 9.93. The Bertz CT molecular complexity index is 518. The smallest absolute Gasteiger partial charge is 0.260 e. The molecule has 0 spiro atoms. The second kappa shape index (κ2) is 7.79. The van der Waals surface area contributed by atoms with Gasteiger partial charge >= 0.3 is 0 Å². The largest absolute Gasteiger partial charge is 0.479 e. The SMILES string of the molecule is COC1CCC(NC(=O)C(C)Oc2ccc(F)cc2Cl)CC1. The lowest BCUT2D eigenvalue weighted by Gasteiger charge is -2.29. The normalized spacial score (nSPS) is 22.9. The molecule has 22 heavy (non-hydrogen) atoms. The molecule has 1 aliphatic carbocycles. The van der Waals surface area contributed by atoms with E-state index in [0.29, 0.717) is 11.9 Å². The maximum atomic E-state index is 13.0. The van der Waals surface area contributed by atoms with Crippen molar-refractivity contribution in [1.29, 1.82) is 0 Å². The minimum absolute atomic E-state index is 0.147. The molecular weight excluding hydrogens is 309 g/mol. The average Bonchev–Trinajstić information content (AvgIpc) is 2.50. The van der Waals surface area contributed by atoms with Crippen LogP contribution in [0.25, 0.3) is 0 Å². The Kier molecular flexibility index (Phi) is 6.03. The number of benzene rings is 1. The minimum Gasteiger partial charge on any atom is -0.479 e. The fourth-order valence-electron chi connectivity index (χ4n) is 2.58. The van der Waals surface area contributed by atoms with Crippen molar-refractivity contribution in [2.75, 3.05) is 7.11 Å². The Morgan fingerprint density at radius 3 is 2.64 bits per heavy atom. The molecule has 0 aromatic heterocycles. The van der Waals surface area contributed by atoms with E-state index in [9.17, 15) is 9.18 Å². The first-order valence-corrected chi connectivity index (χ1v) is 7.82. The maximum Gasteiger partial charge on any atom is 0.260 e. The van der Waals surface area contributed by atoms with Crippen LogP contribution in [0.5, 0.6) is 5.75 Å². The molecule has 0 bridgehead atoms. The highest BCUT2D eigenvalue weighted by Crippen LogP contribution is 2.26. The number of hydrogen-bond acceptors (Lipinski definition) is 3. The number of ether oxygens (including phenoxy) is 2. The van der Waals surface area contributed by atoms with Crippen LogP contribution < -0.4 is 10.1 Å². The Balaban J connectivity index is 1.84. The number of carbonyl (C=O) groups is 1. The van der Waals surface area contributed by atoms with Gasteiger partial charge in [-0.15, -0.1) is 0 Å². The summed E-state index contributed by atoms with van der Waals surface area (Å²) in [6.45, 7) is 1.65. The Morgan fingerprint density at radius 1 is 1.36 bits per heavy atom. The number of rotatable bonds is 5. The first-order valence-electron chi connectivity index (χ1n) is 7.44. The van der Waals surface area contributed by atoms with Crippen LogP contribution in [0, 0.1) is 5.82 Å². The number of carbonyl (C=O) groups excluding carboxylic acids is 1. The molecule has 1 saturated carbocycles. The Hall–Kier alpha value is -1.33. The molecule has 2 rings (SSSR count). The van der Waals surface area contributed by atoms with Gasteiger partial charge in [0.15, 0.2) is 6.10 Å². The summed E-state index contributed by atoms with van der Waals surface area (Å²) in [4.78, 5) is 12.2. The summed E-state index contributed by atoms with van der Waals surface area (Å²) < 4.78 is 23.8. The molecule has 6 heteroatoms. The van der Waals surface area contributed by atoms with Crippen LogP contribution in [0.15, 0.2) is 18.2 Å². The van der Waals surface area contributed by atoms with Crippen LogP contribution in [0.4, 0.5) is 4.39 Å². The summed E-state index contributed by atoms with van der Waals surface area (Å²) in [7, 11) is 1.71. The summed E-state index contributed by atoms with van der Waals surface area (Å²) in [6, 6.07) is 3.98. The van der Waals surface area contributed by atoms with E-state index >= 15 is 0 Å². The topological polar surface area (TPSA) is 47.6 Å². The van der Waals surface area contributed by atoms with Crippen LogP contribution in [0.1, 0.15) is 32.6 Å². The monoisotopic (exact) mass is 329 g/mol. The number of nitrogens with one attached hydrogen (secondary N) is 1. The molecule has 122 valence electrons. The third-order valence-corrected chi connectivity index (χ3v) is 4.22. The summed E-state index contributed by atoms with van der Waals surface area (Å²) >= 11 is 5.89. The van der Waals surface area contributed by atoms with Crippen molar-refractivity contribution in [2.24, 2.45) is 0 Å². The predicted molar refractivity (Wildman–Crippen MR) is 82.7 cm³/mol. The summed E-state index contributed by atoms with van der Waals surface area (Å²) in [6.07, 6.45) is 3.28. The summed E-state index contributed by atoms with van der Waals surface area (Å²) in [5.41, 5.74) is 0. The van der Waals surface area contributed by atoms with Crippen molar-refractivity contribution in [3.63, 3.8) is 0 Å². The van der Waals surface area contributed by atoms with Crippen molar-refractivity contribution >= 4 is 17.5 Å². The molecule has 1 aromatic rings. The highest BCUT2D eigenvalue weighted by molar-refractivity contribution is 6.32. The van der Waals surface area contributed by atoms with Gasteiger partial charge in [-0.05, 0) is 50.8 Å². The highest BCUT2D eigenvalue weighted by atomic mass is 35.5. The zero-order chi connectivity index (χ0) is 16.1. The Morgan fingerprint density at radius 2 is 2.05 bits per heavy atom. The van der Waals surface area contributed by atoms with Crippen LogP contribution in [0.2, 0.25) is 5.02 Å². The Labute approximate surface area is 134 Å². The van der Waals surface area contributed by atoms with Crippen LogP contribution in [0.3, 0.4) is 0 Å². The highest BCUT2D eigenvalue weighted by Gasteiger charge is 2.24.